The number of rotatable bonds is 11. The molecule has 8 heteroatoms. The molecule has 2 amide bonds. The van der Waals surface area contributed by atoms with Crippen LogP contribution in [0, 0.1) is 0 Å². The van der Waals surface area contributed by atoms with Crippen molar-refractivity contribution in [3.05, 3.63) is 53.1 Å². The highest BCUT2D eigenvalue weighted by Crippen LogP contribution is 2.27. The normalized spacial score (nSPS) is 12.4. The Morgan fingerprint density at radius 3 is 2.09 bits per heavy atom. The minimum atomic E-state index is -0.685. The summed E-state index contributed by atoms with van der Waals surface area (Å²) in [6.45, 7) is 5.62. The smallest absolute Gasteiger partial charge is 0.261 e. The van der Waals surface area contributed by atoms with E-state index in [0.717, 1.165) is 12.0 Å². The van der Waals surface area contributed by atoms with Crippen LogP contribution < -0.4 is 19.5 Å². The average molecular weight is 463 g/mol. The van der Waals surface area contributed by atoms with E-state index < -0.39 is 6.04 Å². The quantitative estimate of drug-likeness (QED) is 0.544. The lowest BCUT2D eigenvalue weighted by atomic mass is 10.1. The van der Waals surface area contributed by atoms with Crippen molar-refractivity contribution >= 4 is 23.4 Å². The lowest BCUT2D eigenvalue weighted by Gasteiger charge is -2.29. The van der Waals surface area contributed by atoms with Crippen LogP contribution in [0.25, 0.3) is 0 Å². The third kappa shape index (κ3) is 7.34. The fraction of sp³-hybridized carbons (Fsp3) is 0.417. The van der Waals surface area contributed by atoms with E-state index in [-0.39, 0.29) is 31.0 Å². The molecule has 0 unspecified atom stereocenters. The Hall–Kier alpha value is -2.93. The summed E-state index contributed by atoms with van der Waals surface area (Å²) in [7, 11) is 3.07. The monoisotopic (exact) mass is 462 g/mol. The Balaban J connectivity index is 2.18. The van der Waals surface area contributed by atoms with E-state index >= 15 is 0 Å². The summed E-state index contributed by atoms with van der Waals surface area (Å²) < 4.78 is 16.2. The number of halogens is 1. The van der Waals surface area contributed by atoms with Crippen molar-refractivity contribution in [2.45, 2.75) is 45.8 Å². The summed E-state index contributed by atoms with van der Waals surface area (Å²) >= 11 is 5.98. The molecular formula is C24H31ClN2O5. The van der Waals surface area contributed by atoms with Crippen molar-refractivity contribution in [3.63, 3.8) is 0 Å². The van der Waals surface area contributed by atoms with Gasteiger partial charge in [-0.3, -0.25) is 9.59 Å². The third-order valence-electron chi connectivity index (χ3n) is 5.12. The van der Waals surface area contributed by atoms with Gasteiger partial charge in [-0.15, -0.1) is 0 Å². The maximum absolute atomic E-state index is 13.1. The first kappa shape index (κ1) is 25.3. The van der Waals surface area contributed by atoms with Crippen molar-refractivity contribution in [1.29, 1.82) is 0 Å². The van der Waals surface area contributed by atoms with Gasteiger partial charge in [0.25, 0.3) is 5.91 Å². The first-order chi connectivity index (χ1) is 15.3. The molecule has 0 aliphatic heterocycles. The van der Waals surface area contributed by atoms with E-state index in [2.05, 4.69) is 5.32 Å². The largest absolute Gasteiger partial charge is 0.496 e. The molecule has 174 valence electrons. The van der Waals surface area contributed by atoms with Gasteiger partial charge in [0.1, 0.15) is 23.3 Å². The Bertz CT molecular complexity index is 882. The van der Waals surface area contributed by atoms with Crippen LogP contribution in [0.2, 0.25) is 5.02 Å². The van der Waals surface area contributed by atoms with Gasteiger partial charge in [0, 0.05) is 35.8 Å². The number of nitrogens with one attached hydrogen (secondary N) is 1. The minimum Gasteiger partial charge on any atom is -0.496 e. The Kier molecular flexibility index (Phi) is 9.65. The standard InChI is InChI=1S/C24H31ClN2O5/c1-6-16(2)26-24(29)17(3)27(14-18-7-9-19(25)10-8-18)23(28)15-32-22-12-20(30-4)11-21(13-22)31-5/h7-13,16-17H,6,14-15H2,1-5H3,(H,26,29)/t16-,17-/m0/s1. The van der Waals surface area contributed by atoms with Crippen molar-refractivity contribution in [2.75, 3.05) is 20.8 Å². The number of hydrogen-bond donors (Lipinski definition) is 1. The lowest BCUT2D eigenvalue weighted by Crippen LogP contribution is -2.50. The Labute approximate surface area is 194 Å². The number of carbonyl (C=O) groups is 2. The molecule has 0 aromatic heterocycles. The van der Waals surface area contributed by atoms with Gasteiger partial charge in [-0.05, 0) is 38.0 Å². The third-order valence-corrected chi connectivity index (χ3v) is 5.37. The van der Waals surface area contributed by atoms with Crippen molar-refractivity contribution in [3.8, 4) is 17.2 Å². The fourth-order valence-corrected chi connectivity index (χ4v) is 3.05. The van der Waals surface area contributed by atoms with Crippen LogP contribution in [0.4, 0.5) is 0 Å². The first-order valence-electron chi connectivity index (χ1n) is 10.5. The van der Waals surface area contributed by atoms with Crippen LogP contribution >= 0.6 is 11.6 Å². The molecule has 0 heterocycles. The van der Waals surface area contributed by atoms with Crippen LogP contribution in [-0.4, -0.2) is 49.6 Å². The topological polar surface area (TPSA) is 77.1 Å². The van der Waals surface area contributed by atoms with E-state index in [1.165, 1.54) is 19.1 Å². The number of amides is 2. The fourth-order valence-electron chi connectivity index (χ4n) is 2.93. The summed E-state index contributed by atoms with van der Waals surface area (Å²) in [5, 5.41) is 3.54. The van der Waals surface area contributed by atoms with Gasteiger partial charge in [-0.2, -0.15) is 0 Å². The summed E-state index contributed by atoms with van der Waals surface area (Å²) in [6, 6.07) is 11.5. The van der Waals surface area contributed by atoms with Crippen LogP contribution in [0.3, 0.4) is 0 Å². The molecule has 7 nitrogen and oxygen atoms in total. The van der Waals surface area contributed by atoms with Crippen molar-refractivity contribution in [2.24, 2.45) is 0 Å². The van der Waals surface area contributed by atoms with Crippen LogP contribution in [0.15, 0.2) is 42.5 Å². The van der Waals surface area contributed by atoms with Gasteiger partial charge in [0.2, 0.25) is 5.91 Å². The summed E-state index contributed by atoms with van der Waals surface area (Å²) in [5.74, 6) is 0.980. The molecule has 0 aliphatic carbocycles. The van der Waals surface area contributed by atoms with Gasteiger partial charge in [-0.25, -0.2) is 0 Å². The van der Waals surface area contributed by atoms with Gasteiger partial charge >= 0.3 is 0 Å². The highest BCUT2D eigenvalue weighted by Gasteiger charge is 2.27. The lowest BCUT2D eigenvalue weighted by molar-refractivity contribution is -0.142. The second kappa shape index (κ2) is 12.2. The number of methoxy groups -OCH3 is 2. The van der Waals surface area contributed by atoms with Gasteiger partial charge in [-0.1, -0.05) is 30.7 Å². The molecule has 0 spiro atoms. The predicted octanol–water partition coefficient (Wildman–Crippen LogP) is 4.07. The van der Waals surface area contributed by atoms with E-state index in [9.17, 15) is 9.59 Å². The molecule has 0 saturated heterocycles. The summed E-state index contributed by atoms with van der Waals surface area (Å²) in [4.78, 5) is 27.4. The van der Waals surface area contributed by atoms with E-state index in [1.807, 2.05) is 26.0 Å². The summed E-state index contributed by atoms with van der Waals surface area (Å²) in [6.07, 6.45) is 0.796. The van der Waals surface area contributed by atoms with Crippen LogP contribution in [0.5, 0.6) is 17.2 Å². The second-order valence-corrected chi connectivity index (χ2v) is 7.92. The molecule has 0 radical (unpaired) electrons. The zero-order valence-electron chi connectivity index (χ0n) is 19.2. The molecule has 0 aliphatic rings. The summed E-state index contributed by atoms with van der Waals surface area (Å²) in [5.41, 5.74) is 0.856. The molecule has 2 aromatic carbocycles. The molecule has 2 atom stereocenters. The van der Waals surface area contributed by atoms with Crippen molar-refractivity contribution in [1.82, 2.24) is 10.2 Å². The first-order valence-corrected chi connectivity index (χ1v) is 10.8. The SMILES string of the molecule is CC[C@H](C)NC(=O)[C@H](C)N(Cc1ccc(Cl)cc1)C(=O)COc1cc(OC)cc(OC)c1. The number of hydrogen-bond acceptors (Lipinski definition) is 5. The molecule has 0 saturated carbocycles. The maximum atomic E-state index is 13.1. The zero-order valence-corrected chi connectivity index (χ0v) is 19.9. The molecule has 2 rings (SSSR count). The molecular weight excluding hydrogens is 432 g/mol. The number of nitrogens with zero attached hydrogens (tertiary/aromatic N) is 1. The molecule has 32 heavy (non-hydrogen) atoms. The average Bonchev–Trinajstić information content (AvgIpc) is 2.81. The Morgan fingerprint density at radius 1 is 1.00 bits per heavy atom. The van der Waals surface area contributed by atoms with E-state index in [4.69, 9.17) is 25.8 Å². The van der Waals surface area contributed by atoms with E-state index in [1.54, 1.807) is 37.3 Å². The second-order valence-electron chi connectivity index (χ2n) is 7.48. The minimum absolute atomic E-state index is 0.0120. The number of ether oxygens (including phenoxy) is 3. The van der Waals surface area contributed by atoms with Gasteiger partial charge in [0.05, 0.1) is 14.2 Å². The highest BCUT2D eigenvalue weighted by atomic mass is 35.5. The molecule has 2 aromatic rings. The molecule has 0 fully saturated rings. The van der Waals surface area contributed by atoms with E-state index in [0.29, 0.717) is 22.3 Å². The predicted molar refractivity (Wildman–Crippen MR) is 124 cm³/mol. The van der Waals surface area contributed by atoms with Crippen LogP contribution in [-0.2, 0) is 16.1 Å². The van der Waals surface area contributed by atoms with Gasteiger partial charge in [0.15, 0.2) is 6.61 Å². The molecule has 1 N–H and O–H groups in total. The molecule has 0 bridgehead atoms. The van der Waals surface area contributed by atoms with Crippen molar-refractivity contribution < 1.29 is 23.8 Å². The maximum Gasteiger partial charge on any atom is 0.261 e. The van der Waals surface area contributed by atoms with Crippen LogP contribution in [0.1, 0.15) is 32.8 Å². The number of benzene rings is 2. The Morgan fingerprint density at radius 2 is 1.56 bits per heavy atom. The number of carbonyl (C=O) groups excluding carboxylic acids is 2. The zero-order chi connectivity index (χ0) is 23.7. The van der Waals surface area contributed by atoms with Gasteiger partial charge < -0.3 is 24.4 Å². The highest BCUT2D eigenvalue weighted by molar-refractivity contribution is 6.30.